The number of hydrogen-bond donors (Lipinski definition) is 3. The summed E-state index contributed by atoms with van der Waals surface area (Å²) >= 11 is 0. The van der Waals surface area contributed by atoms with Crippen molar-refractivity contribution in [1.29, 1.82) is 0 Å². The molecule has 4 aromatic rings. The number of aryl methyl sites for hydroxylation is 1. The molecule has 10 nitrogen and oxygen atoms in total. The van der Waals surface area contributed by atoms with E-state index >= 15 is 0 Å². The molecule has 190 valence electrons. The number of benzene rings is 1. The van der Waals surface area contributed by atoms with E-state index in [-0.39, 0.29) is 11.9 Å². The Bertz CT molecular complexity index is 1410. The Morgan fingerprint density at radius 1 is 1.19 bits per heavy atom. The van der Waals surface area contributed by atoms with E-state index in [0.717, 1.165) is 22.5 Å². The normalized spacial score (nSPS) is 18.8. The zero-order chi connectivity index (χ0) is 25.6. The first-order valence-electron chi connectivity index (χ1n) is 11.5. The third-order valence-electron chi connectivity index (χ3n) is 6.44. The molecule has 0 spiro atoms. The van der Waals surface area contributed by atoms with Crippen molar-refractivity contribution in [3.05, 3.63) is 65.6 Å². The maximum absolute atomic E-state index is 14.1. The van der Waals surface area contributed by atoms with Gasteiger partial charge in [0, 0.05) is 34.3 Å². The number of nitrogens with two attached hydrogens (primary N) is 1. The van der Waals surface area contributed by atoms with Gasteiger partial charge in [-0.3, -0.25) is 13.8 Å². The number of aromatic nitrogens is 6. The number of rotatable bonds is 6. The van der Waals surface area contributed by atoms with Gasteiger partial charge in [0.2, 0.25) is 0 Å². The zero-order valence-electron chi connectivity index (χ0n) is 20.2. The predicted octanol–water partition coefficient (Wildman–Crippen LogP) is 4.70. The van der Waals surface area contributed by atoms with Crippen LogP contribution < -0.4 is 10.5 Å². The summed E-state index contributed by atoms with van der Waals surface area (Å²) in [6.07, 6.45) is 4.83. The average molecular weight is 514 g/mol. The molecule has 4 heterocycles. The molecule has 0 aliphatic carbocycles. The topological polar surface area (TPSA) is 137 Å². The molecule has 3 aromatic heterocycles. The number of ether oxygens (including phenoxy) is 1. The van der Waals surface area contributed by atoms with Gasteiger partial charge in [-0.2, -0.15) is 30.7 Å². The van der Waals surface area contributed by atoms with Gasteiger partial charge in [0.1, 0.15) is 11.9 Å². The van der Waals surface area contributed by atoms with E-state index in [9.17, 15) is 13.5 Å². The van der Waals surface area contributed by atoms with Crippen LogP contribution in [0.5, 0.6) is 5.75 Å². The molecule has 1 aliphatic rings. The van der Waals surface area contributed by atoms with E-state index in [4.69, 9.17) is 15.6 Å². The molecule has 0 unspecified atom stereocenters. The molecule has 1 aliphatic heterocycles. The summed E-state index contributed by atoms with van der Waals surface area (Å²) < 4.78 is 42.4. The van der Waals surface area contributed by atoms with Crippen molar-refractivity contribution >= 4 is 16.4 Å². The minimum absolute atomic E-state index is 0.0674. The lowest BCUT2D eigenvalue weighted by Crippen LogP contribution is -2.13. The molecule has 4 N–H and O–H groups in total. The highest BCUT2D eigenvalue weighted by Crippen LogP contribution is 2.50. The lowest BCUT2D eigenvalue weighted by Gasteiger charge is -2.26. The summed E-state index contributed by atoms with van der Waals surface area (Å²) in [6, 6.07) is 6.07. The summed E-state index contributed by atoms with van der Waals surface area (Å²) in [5.41, 5.74) is 10.6. The van der Waals surface area contributed by atoms with E-state index in [1.807, 2.05) is 18.5 Å². The van der Waals surface area contributed by atoms with Crippen LogP contribution in [0.25, 0.3) is 16.8 Å². The van der Waals surface area contributed by atoms with Crippen LogP contribution in [0.4, 0.5) is 10.2 Å². The maximum Gasteiger partial charge on any atom is 0.166 e. The van der Waals surface area contributed by atoms with Crippen molar-refractivity contribution in [2.75, 3.05) is 17.2 Å². The van der Waals surface area contributed by atoms with Gasteiger partial charge in [-0.1, -0.05) is 0 Å². The SMILES string of the molecule is Cc1nn([C@H]2CCS(O)(O)C2)c(C)c1-c1cnc(N)c(O[C@H](C)c2cc(F)ccc2-n2nccn2)c1. The summed E-state index contributed by atoms with van der Waals surface area (Å²) in [5, 5.41) is 13.0. The zero-order valence-corrected chi connectivity index (χ0v) is 21.0. The quantitative estimate of drug-likeness (QED) is 0.337. The second-order valence-corrected chi connectivity index (χ2v) is 11.3. The van der Waals surface area contributed by atoms with E-state index in [2.05, 4.69) is 15.2 Å². The van der Waals surface area contributed by atoms with Crippen molar-refractivity contribution in [3.8, 4) is 22.6 Å². The molecule has 0 saturated carbocycles. The molecule has 36 heavy (non-hydrogen) atoms. The lowest BCUT2D eigenvalue weighted by molar-refractivity contribution is 0.226. The second kappa shape index (κ2) is 9.19. The lowest BCUT2D eigenvalue weighted by atomic mass is 10.0. The van der Waals surface area contributed by atoms with Gasteiger partial charge in [0.05, 0.1) is 35.6 Å². The first kappa shape index (κ1) is 24.2. The predicted molar refractivity (Wildman–Crippen MR) is 136 cm³/mol. The molecule has 0 bridgehead atoms. The fourth-order valence-electron chi connectivity index (χ4n) is 4.74. The second-order valence-electron chi connectivity index (χ2n) is 8.99. The number of anilines is 1. The Balaban J connectivity index is 1.47. The van der Waals surface area contributed by atoms with Crippen LogP contribution in [0.3, 0.4) is 0 Å². The number of halogens is 1. The highest BCUT2D eigenvalue weighted by Gasteiger charge is 2.32. The first-order chi connectivity index (χ1) is 17.1. The fourth-order valence-corrected chi connectivity index (χ4v) is 6.48. The third-order valence-corrected chi connectivity index (χ3v) is 8.25. The van der Waals surface area contributed by atoms with Gasteiger partial charge in [-0.15, -0.1) is 0 Å². The number of pyridine rings is 1. The van der Waals surface area contributed by atoms with Gasteiger partial charge in [0.25, 0.3) is 0 Å². The number of hydrogen-bond acceptors (Lipinski definition) is 8. The molecule has 1 aromatic carbocycles. The van der Waals surface area contributed by atoms with Gasteiger partial charge in [-0.05, 0) is 51.5 Å². The number of nitrogens with zero attached hydrogens (tertiary/aromatic N) is 6. The smallest absolute Gasteiger partial charge is 0.166 e. The number of nitrogen functional groups attached to an aromatic ring is 1. The highest BCUT2D eigenvalue weighted by atomic mass is 32.3. The minimum atomic E-state index is -2.55. The monoisotopic (exact) mass is 513 g/mol. The van der Waals surface area contributed by atoms with E-state index in [1.165, 1.54) is 16.9 Å². The van der Waals surface area contributed by atoms with Crippen LogP contribution in [0.15, 0.2) is 42.9 Å². The standard InChI is InChI=1S/C24H28FN7O3S/c1-14-23(15(2)31(30-14)19-6-9-36(33,34)13-19)17-10-22(24(26)27-12-17)35-16(3)20-11-18(25)4-5-21(20)32-28-7-8-29-32/h4-5,7-8,10-12,16,19,33-34H,6,9,13H2,1-3H3,(H2,26,27)/t16-,19+/m1/s1. The van der Waals surface area contributed by atoms with Crippen LogP contribution in [-0.2, 0) is 0 Å². The molecule has 0 radical (unpaired) electrons. The average Bonchev–Trinajstić information content (AvgIpc) is 3.55. The van der Waals surface area contributed by atoms with Gasteiger partial charge >= 0.3 is 0 Å². The Morgan fingerprint density at radius 2 is 1.94 bits per heavy atom. The summed E-state index contributed by atoms with van der Waals surface area (Å²) in [7, 11) is -2.55. The van der Waals surface area contributed by atoms with Gasteiger partial charge in [-0.25, -0.2) is 9.37 Å². The van der Waals surface area contributed by atoms with Crippen molar-refractivity contribution in [2.45, 2.75) is 39.3 Å². The molecule has 2 atom stereocenters. The van der Waals surface area contributed by atoms with Crippen LogP contribution in [0.2, 0.25) is 0 Å². The first-order valence-corrected chi connectivity index (χ1v) is 13.4. The Kier molecular flexibility index (Phi) is 6.18. The largest absolute Gasteiger partial charge is 0.482 e. The summed E-state index contributed by atoms with van der Waals surface area (Å²) in [5.74, 6) is 0.846. The van der Waals surface area contributed by atoms with Crippen molar-refractivity contribution in [2.24, 2.45) is 0 Å². The fraction of sp³-hybridized carbons (Fsp3) is 0.333. The van der Waals surface area contributed by atoms with Crippen LogP contribution in [0.1, 0.15) is 42.4 Å². The van der Waals surface area contributed by atoms with E-state index in [1.54, 1.807) is 37.6 Å². The molecule has 1 fully saturated rings. The van der Waals surface area contributed by atoms with Gasteiger partial charge in [0.15, 0.2) is 11.6 Å². The maximum atomic E-state index is 14.1. The molecule has 0 amide bonds. The summed E-state index contributed by atoms with van der Waals surface area (Å²) in [4.78, 5) is 5.75. The molecule has 5 rings (SSSR count). The van der Waals surface area contributed by atoms with Crippen LogP contribution in [-0.4, -0.2) is 50.4 Å². The third kappa shape index (κ3) is 4.54. The molecule has 1 saturated heterocycles. The molecule has 12 heteroatoms. The van der Waals surface area contributed by atoms with E-state index in [0.29, 0.717) is 34.9 Å². The molecular formula is C24H28FN7O3S. The van der Waals surface area contributed by atoms with Gasteiger partial charge < -0.3 is 10.5 Å². The Hall–Kier alpha value is -3.48. The van der Waals surface area contributed by atoms with Crippen molar-refractivity contribution < 1.29 is 18.2 Å². The Morgan fingerprint density at radius 3 is 2.64 bits per heavy atom. The van der Waals surface area contributed by atoms with E-state index < -0.39 is 22.5 Å². The van der Waals surface area contributed by atoms with Crippen molar-refractivity contribution in [3.63, 3.8) is 0 Å². The highest BCUT2D eigenvalue weighted by molar-refractivity contribution is 8.24. The van der Waals surface area contributed by atoms with Crippen LogP contribution >= 0.6 is 10.6 Å². The Labute approximate surface area is 209 Å². The van der Waals surface area contributed by atoms with Crippen molar-refractivity contribution in [1.82, 2.24) is 29.8 Å². The minimum Gasteiger partial charge on any atom is -0.482 e. The summed E-state index contributed by atoms with van der Waals surface area (Å²) in [6.45, 7) is 5.65. The molecular weight excluding hydrogens is 485 g/mol. The van der Waals surface area contributed by atoms with Crippen LogP contribution in [0, 0.1) is 19.7 Å².